The van der Waals surface area contributed by atoms with Crippen LogP contribution in [0.4, 0.5) is 11.4 Å². The molecule has 6 rings (SSSR count). The Labute approximate surface area is 242 Å². The summed E-state index contributed by atoms with van der Waals surface area (Å²) in [6.45, 7) is 4.94. The molecule has 0 aliphatic carbocycles. The molecule has 0 saturated carbocycles. The van der Waals surface area contributed by atoms with Gasteiger partial charge in [-0.3, -0.25) is 9.69 Å². The molecule has 2 aliphatic heterocycles. The Bertz CT molecular complexity index is 1600. The monoisotopic (exact) mass is 566 g/mol. The molecule has 2 heterocycles. The Hall–Kier alpha value is -3.98. The topological polar surface area (TPSA) is 73.0 Å². The highest BCUT2D eigenvalue weighted by atomic mass is 32.2. The van der Waals surface area contributed by atoms with E-state index in [0.29, 0.717) is 37.4 Å². The van der Waals surface area contributed by atoms with Crippen LogP contribution in [-0.2, 0) is 29.5 Å². The summed E-state index contributed by atoms with van der Waals surface area (Å²) in [6.07, 6.45) is 1.06. The van der Waals surface area contributed by atoms with Gasteiger partial charge in [-0.15, -0.1) is 0 Å². The van der Waals surface area contributed by atoms with Crippen molar-refractivity contribution < 1.29 is 13.2 Å². The van der Waals surface area contributed by atoms with Gasteiger partial charge in [-0.25, -0.2) is 8.42 Å². The Balaban J connectivity index is 1.03. The van der Waals surface area contributed by atoms with E-state index >= 15 is 0 Å². The van der Waals surface area contributed by atoms with Crippen molar-refractivity contribution in [3.05, 3.63) is 125 Å². The van der Waals surface area contributed by atoms with Gasteiger partial charge in [0.05, 0.1) is 4.90 Å². The molecule has 4 aromatic rings. The lowest BCUT2D eigenvalue weighted by molar-refractivity contribution is 0.102. The second-order valence-corrected chi connectivity index (χ2v) is 12.6. The molecule has 0 atom stereocenters. The summed E-state index contributed by atoms with van der Waals surface area (Å²) in [5, 5.41) is 2.89. The maximum atomic E-state index is 13.2. The minimum Gasteiger partial charge on any atom is -0.369 e. The Morgan fingerprint density at radius 3 is 2.07 bits per heavy atom. The third kappa shape index (κ3) is 6.20. The van der Waals surface area contributed by atoms with Crippen molar-refractivity contribution in [1.29, 1.82) is 0 Å². The number of benzene rings is 4. The van der Waals surface area contributed by atoms with Gasteiger partial charge in [-0.05, 0) is 71.6 Å². The zero-order valence-corrected chi connectivity index (χ0v) is 23.8. The molecule has 0 spiro atoms. The fourth-order valence-electron chi connectivity index (χ4n) is 5.60. The first-order valence-corrected chi connectivity index (χ1v) is 15.5. The predicted octanol–water partition coefficient (Wildman–Crippen LogP) is 5.01. The average molecular weight is 567 g/mol. The molecule has 1 N–H and O–H groups in total. The first kappa shape index (κ1) is 27.2. The summed E-state index contributed by atoms with van der Waals surface area (Å²) in [5.41, 5.74) is 6.21. The quantitative estimate of drug-likeness (QED) is 0.341. The first-order valence-electron chi connectivity index (χ1n) is 14.1. The number of fused-ring (bicyclic) bond motifs is 1. The van der Waals surface area contributed by atoms with Crippen molar-refractivity contribution in [2.75, 3.05) is 42.9 Å². The fraction of sp³-hybridized carbons (Fsp3) is 0.242. The Morgan fingerprint density at radius 2 is 1.37 bits per heavy atom. The van der Waals surface area contributed by atoms with Crippen LogP contribution in [0.3, 0.4) is 0 Å². The van der Waals surface area contributed by atoms with Crippen LogP contribution in [0.2, 0.25) is 0 Å². The predicted molar refractivity (Wildman–Crippen MR) is 163 cm³/mol. The number of piperazine rings is 1. The van der Waals surface area contributed by atoms with Crippen LogP contribution in [-0.4, -0.2) is 56.3 Å². The number of carbonyl (C=O) groups excluding carboxylic acids is 1. The maximum absolute atomic E-state index is 13.2. The third-order valence-electron chi connectivity index (χ3n) is 7.94. The molecular weight excluding hydrogens is 532 g/mol. The van der Waals surface area contributed by atoms with E-state index in [-0.39, 0.29) is 10.8 Å². The van der Waals surface area contributed by atoms with Gasteiger partial charge in [0, 0.05) is 62.8 Å². The third-order valence-corrected chi connectivity index (χ3v) is 9.85. The summed E-state index contributed by atoms with van der Waals surface area (Å²) >= 11 is 0. The van der Waals surface area contributed by atoms with Crippen molar-refractivity contribution in [2.24, 2.45) is 0 Å². The van der Waals surface area contributed by atoms with E-state index in [9.17, 15) is 13.2 Å². The van der Waals surface area contributed by atoms with Crippen molar-refractivity contribution in [2.45, 2.75) is 24.4 Å². The number of anilines is 2. The lowest BCUT2D eigenvalue weighted by atomic mass is 9.99. The van der Waals surface area contributed by atoms with Crippen molar-refractivity contribution in [3.63, 3.8) is 0 Å². The van der Waals surface area contributed by atoms with E-state index in [1.54, 1.807) is 24.3 Å². The molecule has 1 amide bonds. The largest absolute Gasteiger partial charge is 0.369 e. The number of sulfonamides is 1. The number of rotatable bonds is 7. The average Bonchev–Trinajstić information content (AvgIpc) is 3.02. The minimum absolute atomic E-state index is 0.226. The second kappa shape index (κ2) is 11.9. The number of amides is 1. The van der Waals surface area contributed by atoms with Crippen LogP contribution in [0, 0.1) is 0 Å². The number of carbonyl (C=O) groups is 1. The molecule has 4 aromatic carbocycles. The maximum Gasteiger partial charge on any atom is 0.255 e. The summed E-state index contributed by atoms with van der Waals surface area (Å²) in [7, 11) is -3.61. The van der Waals surface area contributed by atoms with Crippen LogP contribution in [0.25, 0.3) is 0 Å². The molecular formula is C33H34N4O3S. The second-order valence-electron chi connectivity index (χ2n) is 10.6. The van der Waals surface area contributed by atoms with Crippen LogP contribution in [0.1, 0.15) is 27.0 Å². The van der Waals surface area contributed by atoms with E-state index in [1.165, 1.54) is 21.0 Å². The highest BCUT2D eigenvalue weighted by Crippen LogP contribution is 2.23. The van der Waals surface area contributed by atoms with E-state index in [2.05, 4.69) is 39.4 Å². The standard InChI is InChI=1S/C33H34N4O3S/c38-33(28-12-10-26(11-13-28)24-35-19-18-27-6-4-5-7-29(27)25-35)34-30-14-16-32(17-15-30)41(39,40)37-22-20-36(21-23-37)31-8-2-1-3-9-31/h1-17H,18-25H2,(H,34,38). The fourth-order valence-corrected chi connectivity index (χ4v) is 7.02. The van der Waals surface area contributed by atoms with Gasteiger partial charge >= 0.3 is 0 Å². The van der Waals surface area contributed by atoms with Crippen LogP contribution in [0.5, 0.6) is 0 Å². The van der Waals surface area contributed by atoms with Gasteiger partial charge in [0.2, 0.25) is 10.0 Å². The molecule has 210 valence electrons. The smallest absolute Gasteiger partial charge is 0.255 e. The summed E-state index contributed by atoms with van der Waals surface area (Å²) in [5.74, 6) is -0.226. The molecule has 1 fully saturated rings. The normalized spacial score (nSPS) is 16.2. The van der Waals surface area contributed by atoms with Gasteiger partial charge in [0.15, 0.2) is 0 Å². The Morgan fingerprint density at radius 1 is 0.707 bits per heavy atom. The highest BCUT2D eigenvalue weighted by molar-refractivity contribution is 7.89. The SMILES string of the molecule is O=C(Nc1ccc(S(=O)(=O)N2CCN(c3ccccc3)CC2)cc1)c1ccc(CN2CCc3ccccc3C2)cc1. The zero-order valence-electron chi connectivity index (χ0n) is 22.9. The molecule has 1 saturated heterocycles. The first-order chi connectivity index (χ1) is 20.0. The van der Waals surface area contributed by atoms with E-state index < -0.39 is 10.0 Å². The molecule has 7 nitrogen and oxygen atoms in total. The molecule has 0 aromatic heterocycles. The van der Waals surface area contributed by atoms with Crippen molar-refractivity contribution in [1.82, 2.24) is 9.21 Å². The summed E-state index contributed by atoms with van der Waals surface area (Å²) in [4.78, 5) is 17.7. The lowest BCUT2D eigenvalue weighted by Crippen LogP contribution is -2.48. The summed E-state index contributed by atoms with van der Waals surface area (Å²) in [6, 6.07) is 32.8. The van der Waals surface area contributed by atoms with Crippen molar-refractivity contribution in [3.8, 4) is 0 Å². The molecule has 0 unspecified atom stereocenters. The number of hydrogen-bond donors (Lipinski definition) is 1. The highest BCUT2D eigenvalue weighted by Gasteiger charge is 2.28. The van der Waals surface area contributed by atoms with Gasteiger partial charge in [-0.1, -0.05) is 54.6 Å². The molecule has 8 heteroatoms. The molecule has 0 bridgehead atoms. The van der Waals surface area contributed by atoms with Crippen LogP contribution < -0.4 is 10.2 Å². The minimum atomic E-state index is -3.61. The van der Waals surface area contributed by atoms with Crippen molar-refractivity contribution >= 4 is 27.3 Å². The molecule has 41 heavy (non-hydrogen) atoms. The zero-order chi connectivity index (χ0) is 28.2. The van der Waals surface area contributed by atoms with E-state index in [1.807, 2.05) is 54.6 Å². The van der Waals surface area contributed by atoms with Gasteiger partial charge in [0.1, 0.15) is 0 Å². The van der Waals surface area contributed by atoms with Gasteiger partial charge < -0.3 is 10.2 Å². The van der Waals surface area contributed by atoms with Crippen LogP contribution in [0.15, 0.2) is 108 Å². The Kier molecular flexibility index (Phi) is 7.87. The lowest BCUT2D eigenvalue weighted by Gasteiger charge is -2.35. The van der Waals surface area contributed by atoms with Gasteiger partial charge in [0.25, 0.3) is 5.91 Å². The number of para-hydroxylation sites is 1. The number of nitrogens with one attached hydrogen (secondary N) is 1. The van der Waals surface area contributed by atoms with Gasteiger partial charge in [-0.2, -0.15) is 4.31 Å². The van der Waals surface area contributed by atoms with E-state index in [4.69, 9.17) is 0 Å². The number of hydrogen-bond acceptors (Lipinski definition) is 5. The number of nitrogens with zero attached hydrogens (tertiary/aromatic N) is 3. The van der Waals surface area contributed by atoms with E-state index in [0.717, 1.165) is 31.7 Å². The van der Waals surface area contributed by atoms with Crippen LogP contribution >= 0.6 is 0 Å². The summed E-state index contributed by atoms with van der Waals surface area (Å²) < 4.78 is 28.0. The molecule has 2 aliphatic rings. The molecule has 0 radical (unpaired) electrons.